The van der Waals surface area contributed by atoms with E-state index in [1.165, 1.54) is 5.56 Å². The second-order valence-corrected chi connectivity index (χ2v) is 7.66. The van der Waals surface area contributed by atoms with Gasteiger partial charge < -0.3 is 14.6 Å². The molecular weight excluding hydrogens is 446 g/mol. The van der Waals surface area contributed by atoms with Crippen LogP contribution in [-0.2, 0) is 6.61 Å². The molecular formula is C24H22BrNO4. The number of rotatable bonds is 7. The van der Waals surface area contributed by atoms with E-state index in [1.807, 2.05) is 24.3 Å². The lowest BCUT2D eigenvalue weighted by Crippen LogP contribution is -2.01. The molecule has 0 aliphatic heterocycles. The van der Waals surface area contributed by atoms with Gasteiger partial charge in [-0.25, -0.2) is 4.79 Å². The van der Waals surface area contributed by atoms with Gasteiger partial charge in [-0.05, 0) is 82.4 Å². The molecule has 0 heterocycles. The number of aryl methyl sites for hydroxylation is 1. The fourth-order valence-corrected chi connectivity index (χ4v) is 3.45. The van der Waals surface area contributed by atoms with Crippen molar-refractivity contribution >= 4 is 33.8 Å². The Morgan fingerprint density at radius 1 is 1.13 bits per heavy atom. The Morgan fingerprint density at radius 3 is 2.53 bits per heavy atom. The fraction of sp³-hybridized carbons (Fsp3) is 0.167. The van der Waals surface area contributed by atoms with Gasteiger partial charge in [0.25, 0.3) is 0 Å². The Kier molecular flexibility index (Phi) is 6.90. The zero-order valence-corrected chi connectivity index (χ0v) is 18.6. The van der Waals surface area contributed by atoms with Crippen LogP contribution in [0.1, 0.15) is 32.6 Å². The first-order valence-corrected chi connectivity index (χ1v) is 10.1. The molecule has 0 aromatic heterocycles. The molecule has 6 heteroatoms. The average molecular weight is 468 g/mol. The van der Waals surface area contributed by atoms with Crippen molar-refractivity contribution in [2.24, 2.45) is 4.99 Å². The van der Waals surface area contributed by atoms with Gasteiger partial charge in [-0.2, -0.15) is 0 Å². The summed E-state index contributed by atoms with van der Waals surface area (Å²) in [5, 5.41) is 8.99. The number of carboxylic acids is 1. The molecule has 0 aliphatic carbocycles. The van der Waals surface area contributed by atoms with Gasteiger partial charge in [0.2, 0.25) is 0 Å². The second kappa shape index (κ2) is 9.59. The second-order valence-electron chi connectivity index (χ2n) is 6.80. The molecule has 0 atom stereocenters. The number of carbonyl (C=O) groups is 1. The van der Waals surface area contributed by atoms with Crippen LogP contribution in [0.4, 0.5) is 5.69 Å². The number of halogens is 1. The van der Waals surface area contributed by atoms with Crippen LogP contribution in [0.3, 0.4) is 0 Å². The number of aliphatic imine (C=N–C) groups is 1. The van der Waals surface area contributed by atoms with E-state index in [1.54, 1.807) is 37.6 Å². The number of hydrogen-bond acceptors (Lipinski definition) is 4. The molecule has 30 heavy (non-hydrogen) atoms. The Bertz CT molecular complexity index is 1090. The average Bonchev–Trinajstić information content (AvgIpc) is 2.74. The smallest absolute Gasteiger partial charge is 0.335 e. The molecule has 0 radical (unpaired) electrons. The van der Waals surface area contributed by atoms with Crippen molar-refractivity contribution in [2.75, 3.05) is 7.11 Å². The predicted octanol–water partition coefficient (Wildman–Crippen LogP) is 6.10. The lowest BCUT2D eigenvalue weighted by atomic mass is 10.1. The van der Waals surface area contributed by atoms with E-state index in [0.717, 1.165) is 26.9 Å². The minimum Gasteiger partial charge on any atom is -0.493 e. The number of hydrogen-bond donors (Lipinski definition) is 1. The van der Waals surface area contributed by atoms with Gasteiger partial charge in [-0.15, -0.1) is 0 Å². The lowest BCUT2D eigenvalue weighted by Gasteiger charge is -2.14. The summed E-state index contributed by atoms with van der Waals surface area (Å²) < 4.78 is 12.2. The maximum atomic E-state index is 11.0. The van der Waals surface area contributed by atoms with E-state index in [2.05, 4.69) is 40.8 Å². The molecule has 154 valence electrons. The zero-order chi connectivity index (χ0) is 21.7. The van der Waals surface area contributed by atoms with Crippen LogP contribution in [0.25, 0.3) is 0 Å². The van der Waals surface area contributed by atoms with Crippen molar-refractivity contribution in [3.05, 3.63) is 86.9 Å². The minimum atomic E-state index is -0.954. The molecule has 5 nitrogen and oxygen atoms in total. The van der Waals surface area contributed by atoms with Gasteiger partial charge in [0.1, 0.15) is 6.61 Å². The highest BCUT2D eigenvalue weighted by molar-refractivity contribution is 9.10. The van der Waals surface area contributed by atoms with Crippen LogP contribution >= 0.6 is 15.9 Å². The number of ether oxygens (including phenoxy) is 2. The minimum absolute atomic E-state index is 0.241. The molecule has 0 spiro atoms. The van der Waals surface area contributed by atoms with Gasteiger partial charge in [-0.1, -0.05) is 24.3 Å². The molecule has 3 aromatic rings. The summed E-state index contributed by atoms with van der Waals surface area (Å²) in [6.45, 7) is 4.40. The number of nitrogens with zero attached hydrogens (tertiary/aromatic N) is 1. The zero-order valence-electron chi connectivity index (χ0n) is 17.0. The largest absolute Gasteiger partial charge is 0.493 e. The Hall–Kier alpha value is -3.12. The van der Waals surface area contributed by atoms with Crippen molar-refractivity contribution < 1.29 is 19.4 Å². The van der Waals surface area contributed by atoms with Crippen molar-refractivity contribution in [2.45, 2.75) is 20.5 Å². The van der Waals surface area contributed by atoms with Crippen LogP contribution in [-0.4, -0.2) is 24.4 Å². The number of benzene rings is 3. The summed E-state index contributed by atoms with van der Waals surface area (Å²) in [5.41, 5.74) is 5.24. The maximum absolute atomic E-state index is 11.0. The normalized spacial score (nSPS) is 10.9. The molecule has 0 fully saturated rings. The van der Waals surface area contributed by atoms with Crippen LogP contribution < -0.4 is 9.47 Å². The number of aromatic carboxylic acids is 1. The van der Waals surface area contributed by atoms with Crippen molar-refractivity contribution in [3.8, 4) is 11.5 Å². The van der Waals surface area contributed by atoms with E-state index in [-0.39, 0.29) is 12.2 Å². The molecule has 0 bridgehead atoms. The summed E-state index contributed by atoms with van der Waals surface area (Å²) >= 11 is 3.55. The topological polar surface area (TPSA) is 68.1 Å². The van der Waals surface area contributed by atoms with E-state index in [0.29, 0.717) is 11.5 Å². The first kappa shape index (κ1) is 21.6. The van der Waals surface area contributed by atoms with E-state index >= 15 is 0 Å². The highest BCUT2D eigenvalue weighted by Crippen LogP contribution is 2.37. The summed E-state index contributed by atoms with van der Waals surface area (Å²) in [7, 11) is 1.59. The predicted molar refractivity (Wildman–Crippen MR) is 122 cm³/mol. The Balaban J connectivity index is 1.79. The monoisotopic (exact) mass is 467 g/mol. The molecule has 3 rings (SSSR count). The van der Waals surface area contributed by atoms with Crippen molar-refractivity contribution in [1.82, 2.24) is 0 Å². The van der Waals surface area contributed by atoms with Crippen LogP contribution in [0.15, 0.2) is 64.1 Å². The number of carboxylic acid groups (broad SMARTS) is 1. The van der Waals surface area contributed by atoms with Gasteiger partial charge >= 0.3 is 5.97 Å². The Morgan fingerprint density at radius 2 is 1.87 bits per heavy atom. The third-order valence-electron chi connectivity index (χ3n) is 4.76. The molecule has 0 aliphatic rings. The first-order chi connectivity index (χ1) is 14.4. The summed E-state index contributed by atoms with van der Waals surface area (Å²) in [5.74, 6) is 0.197. The van der Waals surface area contributed by atoms with Gasteiger partial charge in [0, 0.05) is 6.21 Å². The molecule has 0 saturated heterocycles. The SMILES string of the molecule is COc1cc(C=Nc2cccc(C)c2C)cc(Br)c1OCc1ccc(C(=O)O)cc1. The molecule has 1 N–H and O–H groups in total. The van der Waals surface area contributed by atoms with Gasteiger partial charge in [0.05, 0.1) is 22.8 Å². The van der Waals surface area contributed by atoms with Gasteiger partial charge in [-0.3, -0.25) is 4.99 Å². The van der Waals surface area contributed by atoms with Crippen LogP contribution in [0.2, 0.25) is 0 Å². The first-order valence-electron chi connectivity index (χ1n) is 9.32. The van der Waals surface area contributed by atoms with E-state index in [4.69, 9.17) is 14.6 Å². The van der Waals surface area contributed by atoms with Crippen LogP contribution in [0.5, 0.6) is 11.5 Å². The summed E-state index contributed by atoms with van der Waals surface area (Å²) in [4.78, 5) is 15.6. The Labute approximate surface area is 184 Å². The third kappa shape index (κ3) is 5.07. The lowest BCUT2D eigenvalue weighted by molar-refractivity contribution is 0.0697. The number of methoxy groups -OCH3 is 1. The molecule has 3 aromatic carbocycles. The highest BCUT2D eigenvalue weighted by atomic mass is 79.9. The fourth-order valence-electron chi connectivity index (χ4n) is 2.87. The molecule has 0 unspecified atom stereocenters. The van der Waals surface area contributed by atoms with Gasteiger partial charge in [0.15, 0.2) is 11.5 Å². The van der Waals surface area contributed by atoms with E-state index < -0.39 is 5.97 Å². The maximum Gasteiger partial charge on any atom is 0.335 e. The van der Waals surface area contributed by atoms with Crippen molar-refractivity contribution in [3.63, 3.8) is 0 Å². The summed E-state index contributed by atoms with van der Waals surface area (Å²) in [6.07, 6.45) is 1.80. The van der Waals surface area contributed by atoms with Crippen molar-refractivity contribution in [1.29, 1.82) is 0 Å². The molecule has 0 amide bonds. The molecule has 0 saturated carbocycles. The summed E-state index contributed by atoms with van der Waals surface area (Å²) in [6, 6.07) is 16.4. The highest BCUT2D eigenvalue weighted by Gasteiger charge is 2.12. The quantitative estimate of drug-likeness (QED) is 0.426. The van der Waals surface area contributed by atoms with E-state index in [9.17, 15) is 4.79 Å². The third-order valence-corrected chi connectivity index (χ3v) is 5.35. The van der Waals surface area contributed by atoms with Crippen LogP contribution in [0, 0.1) is 13.8 Å². The standard InChI is InChI=1S/C24H22BrNO4/c1-15-5-4-6-21(16(15)2)26-13-18-11-20(25)23(22(12-18)29-3)30-14-17-7-9-19(10-8-17)24(27)28/h4-13H,14H2,1-3H3,(H,27,28).